The normalized spacial score (nSPS) is 11.2. The molecular weight excluding hydrogens is 232 g/mol. The fourth-order valence-corrected chi connectivity index (χ4v) is 2.13. The van der Waals surface area contributed by atoms with Gasteiger partial charge in [0.2, 0.25) is 0 Å². The summed E-state index contributed by atoms with van der Waals surface area (Å²) in [5, 5.41) is 0. The maximum Gasteiger partial charge on any atom is 0.131 e. The summed E-state index contributed by atoms with van der Waals surface area (Å²) < 4.78 is 28.6. The smallest absolute Gasteiger partial charge is 0.131 e. The number of rotatable bonds is 3. The predicted molar refractivity (Wildman–Crippen MR) is 68.7 cm³/mol. The van der Waals surface area contributed by atoms with Crippen LogP contribution in [0.3, 0.4) is 0 Å². The standard InChI is InChI=1S/C15H17F2N/c1-10(2)15-7-4-11(3)18(15)9-12-5-6-13(16)8-14(12)17/h4-8,10H,9H2,1-3H3. The second-order valence-electron chi connectivity index (χ2n) is 4.88. The van der Waals surface area contributed by atoms with E-state index in [-0.39, 0.29) is 0 Å². The summed E-state index contributed by atoms with van der Waals surface area (Å²) in [5.41, 5.74) is 2.76. The second-order valence-corrected chi connectivity index (χ2v) is 4.88. The molecule has 1 aromatic heterocycles. The summed E-state index contributed by atoms with van der Waals surface area (Å²) in [7, 11) is 0. The van der Waals surface area contributed by atoms with Gasteiger partial charge in [0, 0.05) is 23.0 Å². The van der Waals surface area contributed by atoms with Crippen molar-refractivity contribution < 1.29 is 8.78 Å². The Labute approximate surface area is 106 Å². The first-order valence-corrected chi connectivity index (χ1v) is 6.09. The molecule has 0 unspecified atom stereocenters. The molecule has 0 radical (unpaired) electrons. The minimum atomic E-state index is -0.537. The zero-order valence-electron chi connectivity index (χ0n) is 10.9. The highest BCUT2D eigenvalue weighted by atomic mass is 19.1. The summed E-state index contributed by atoms with van der Waals surface area (Å²) >= 11 is 0. The Kier molecular flexibility index (Phi) is 3.50. The highest BCUT2D eigenvalue weighted by Crippen LogP contribution is 2.21. The van der Waals surface area contributed by atoms with E-state index in [1.807, 2.05) is 13.0 Å². The Morgan fingerprint density at radius 3 is 2.44 bits per heavy atom. The van der Waals surface area contributed by atoms with Crippen molar-refractivity contribution in [3.63, 3.8) is 0 Å². The molecule has 0 aliphatic heterocycles. The van der Waals surface area contributed by atoms with Crippen molar-refractivity contribution in [3.05, 3.63) is 58.9 Å². The van der Waals surface area contributed by atoms with E-state index in [2.05, 4.69) is 24.5 Å². The van der Waals surface area contributed by atoms with Gasteiger partial charge in [-0.3, -0.25) is 0 Å². The van der Waals surface area contributed by atoms with Crippen molar-refractivity contribution in [2.75, 3.05) is 0 Å². The van der Waals surface area contributed by atoms with Crippen LogP contribution in [0, 0.1) is 18.6 Å². The summed E-state index contributed by atoms with van der Waals surface area (Å²) in [6.07, 6.45) is 0. The topological polar surface area (TPSA) is 4.93 Å². The van der Waals surface area contributed by atoms with Crippen LogP contribution in [-0.4, -0.2) is 4.57 Å². The highest BCUT2D eigenvalue weighted by molar-refractivity contribution is 5.24. The molecule has 0 aliphatic rings. The molecule has 0 aliphatic carbocycles. The van der Waals surface area contributed by atoms with E-state index in [0.29, 0.717) is 18.0 Å². The van der Waals surface area contributed by atoms with Crippen LogP contribution in [0.4, 0.5) is 8.78 Å². The van der Waals surface area contributed by atoms with Gasteiger partial charge in [-0.25, -0.2) is 8.78 Å². The fraction of sp³-hybridized carbons (Fsp3) is 0.333. The molecule has 0 saturated heterocycles. The third kappa shape index (κ3) is 2.45. The lowest BCUT2D eigenvalue weighted by Crippen LogP contribution is -2.08. The van der Waals surface area contributed by atoms with E-state index >= 15 is 0 Å². The van der Waals surface area contributed by atoms with Crippen LogP contribution in [0.25, 0.3) is 0 Å². The lowest BCUT2D eigenvalue weighted by atomic mass is 10.1. The van der Waals surface area contributed by atoms with E-state index in [0.717, 1.165) is 17.5 Å². The molecule has 96 valence electrons. The number of benzene rings is 1. The lowest BCUT2D eigenvalue weighted by molar-refractivity contribution is 0.561. The molecule has 0 saturated carbocycles. The minimum absolute atomic E-state index is 0.377. The van der Waals surface area contributed by atoms with Crippen LogP contribution in [0.1, 0.15) is 36.7 Å². The average Bonchev–Trinajstić information content (AvgIpc) is 2.64. The Hall–Kier alpha value is -1.64. The van der Waals surface area contributed by atoms with Crippen molar-refractivity contribution in [1.82, 2.24) is 4.57 Å². The Bertz CT molecular complexity index is 556. The zero-order valence-corrected chi connectivity index (χ0v) is 10.9. The van der Waals surface area contributed by atoms with E-state index in [1.165, 1.54) is 12.1 Å². The zero-order chi connectivity index (χ0) is 13.3. The highest BCUT2D eigenvalue weighted by Gasteiger charge is 2.11. The van der Waals surface area contributed by atoms with Gasteiger partial charge in [0.05, 0.1) is 6.54 Å². The van der Waals surface area contributed by atoms with Gasteiger partial charge in [-0.1, -0.05) is 19.9 Å². The average molecular weight is 249 g/mol. The number of aromatic nitrogens is 1. The summed E-state index contributed by atoms with van der Waals surface area (Å²) in [4.78, 5) is 0. The first kappa shape index (κ1) is 12.8. The van der Waals surface area contributed by atoms with Crippen LogP contribution < -0.4 is 0 Å². The molecule has 2 rings (SSSR count). The molecule has 0 spiro atoms. The SMILES string of the molecule is Cc1ccc(C(C)C)n1Cc1ccc(F)cc1F. The van der Waals surface area contributed by atoms with Crippen LogP contribution in [0.15, 0.2) is 30.3 Å². The third-order valence-electron chi connectivity index (χ3n) is 3.17. The number of hydrogen-bond acceptors (Lipinski definition) is 0. The molecule has 0 atom stereocenters. The number of hydrogen-bond donors (Lipinski definition) is 0. The monoisotopic (exact) mass is 249 g/mol. The second kappa shape index (κ2) is 4.92. The van der Waals surface area contributed by atoms with E-state index in [1.54, 1.807) is 0 Å². The van der Waals surface area contributed by atoms with Gasteiger partial charge >= 0.3 is 0 Å². The summed E-state index contributed by atoms with van der Waals surface area (Å²) in [6, 6.07) is 7.82. The Morgan fingerprint density at radius 2 is 1.83 bits per heavy atom. The van der Waals surface area contributed by atoms with Gasteiger partial charge in [-0.05, 0) is 31.0 Å². The molecule has 0 fully saturated rings. The van der Waals surface area contributed by atoms with Crippen molar-refractivity contribution in [1.29, 1.82) is 0 Å². The van der Waals surface area contributed by atoms with Gasteiger partial charge in [-0.15, -0.1) is 0 Å². The molecule has 1 nitrogen and oxygen atoms in total. The summed E-state index contributed by atoms with van der Waals surface area (Å²) in [5.74, 6) is -0.649. The third-order valence-corrected chi connectivity index (χ3v) is 3.17. The predicted octanol–water partition coefficient (Wildman–Crippen LogP) is 4.25. The van der Waals surface area contributed by atoms with Crippen molar-refractivity contribution in [2.24, 2.45) is 0 Å². The lowest BCUT2D eigenvalue weighted by Gasteiger charge is -2.14. The van der Waals surface area contributed by atoms with Crippen LogP contribution in [0.5, 0.6) is 0 Å². The van der Waals surface area contributed by atoms with Gasteiger partial charge < -0.3 is 4.57 Å². The number of halogens is 2. The van der Waals surface area contributed by atoms with E-state index < -0.39 is 11.6 Å². The van der Waals surface area contributed by atoms with Crippen molar-refractivity contribution >= 4 is 0 Å². The Morgan fingerprint density at radius 1 is 1.11 bits per heavy atom. The molecule has 0 N–H and O–H groups in total. The van der Waals surface area contributed by atoms with Crippen LogP contribution in [0.2, 0.25) is 0 Å². The maximum atomic E-state index is 13.7. The molecule has 3 heteroatoms. The largest absolute Gasteiger partial charge is 0.344 e. The molecule has 2 aromatic rings. The van der Waals surface area contributed by atoms with Crippen molar-refractivity contribution in [2.45, 2.75) is 33.2 Å². The first-order chi connectivity index (χ1) is 8.49. The molecule has 1 heterocycles. The Balaban J connectivity index is 2.36. The van der Waals surface area contributed by atoms with Gasteiger partial charge in [0.15, 0.2) is 0 Å². The van der Waals surface area contributed by atoms with Crippen LogP contribution >= 0.6 is 0 Å². The van der Waals surface area contributed by atoms with E-state index in [4.69, 9.17) is 0 Å². The minimum Gasteiger partial charge on any atom is -0.344 e. The van der Waals surface area contributed by atoms with Crippen molar-refractivity contribution in [3.8, 4) is 0 Å². The molecule has 0 bridgehead atoms. The first-order valence-electron chi connectivity index (χ1n) is 6.09. The maximum absolute atomic E-state index is 13.7. The number of aryl methyl sites for hydroxylation is 1. The summed E-state index contributed by atoms with van der Waals surface area (Å²) in [6.45, 7) is 6.64. The van der Waals surface area contributed by atoms with Crippen LogP contribution in [-0.2, 0) is 6.54 Å². The fourth-order valence-electron chi connectivity index (χ4n) is 2.13. The van der Waals surface area contributed by atoms with Gasteiger partial charge in [0.1, 0.15) is 11.6 Å². The molecular formula is C15H17F2N. The molecule has 1 aromatic carbocycles. The van der Waals surface area contributed by atoms with Gasteiger partial charge in [-0.2, -0.15) is 0 Å². The quantitative estimate of drug-likeness (QED) is 0.766. The van der Waals surface area contributed by atoms with Gasteiger partial charge in [0.25, 0.3) is 0 Å². The molecule has 0 amide bonds. The van der Waals surface area contributed by atoms with E-state index in [9.17, 15) is 8.78 Å². The molecule has 18 heavy (non-hydrogen) atoms. The number of nitrogens with zero attached hydrogens (tertiary/aromatic N) is 1.